The summed E-state index contributed by atoms with van der Waals surface area (Å²) in [6, 6.07) is 4.07. The molecule has 0 saturated carbocycles. The van der Waals surface area contributed by atoms with Crippen LogP contribution >= 0.6 is 0 Å². The number of benzene rings is 2. The van der Waals surface area contributed by atoms with Crippen LogP contribution in [0.15, 0.2) is 41.3 Å². The summed E-state index contributed by atoms with van der Waals surface area (Å²) in [5, 5.41) is 21.6. The molecule has 1 unspecified atom stereocenters. The highest BCUT2D eigenvalue weighted by molar-refractivity contribution is 7.92. The van der Waals surface area contributed by atoms with Crippen molar-refractivity contribution in [2.24, 2.45) is 0 Å². The molecular weight excluding hydrogens is 526 g/mol. The van der Waals surface area contributed by atoms with Crippen LogP contribution in [0.5, 0.6) is 5.75 Å². The zero-order valence-electron chi connectivity index (χ0n) is 18.3. The second-order valence-electron chi connectivity index (χ2n) is 7.91. The van der Waals surface area contributed by atoms with Gasteiger partial charge in [0.15, 0.2) is 0 Å². The number of ether oxygens (including phenoxy) is 1. The number of alkyl halides is 3. The van der Waals surface area contributed by atoms with Crippen LogP contribution in [0, 0.1) is 0 Å². The SMILES string of the molecule is O=C1CCC(N2C(=O)c3cc(NS(=O)(=O)c4ccccc4OC(F)(F)F)cc(B(O)O)c3C2=O)C(=O)N1. The van der Waals surface area contributed by atoms with E-state index >= 15 is 0 Å². The molecule has 2 heterocycles. The Morgan fingerprint density at radius 2 is 1.76 bits per heavy atom. The lowest BCUT2D eigenvalue weighted by atomic mass is 9.75. The Morgan fingerprint density at radius 1 is 1.08 bits per heavy atom. The number of carbonyl (C=O) groups excluding carboxylic acids is 4. The Bertz CT molecular complexity index is 1450. The lowest BCUT2D eigenvalue weighted by molar-refractivity contribution is -0.275. The topological polar surface area (TPSA) is 179 Å². The number of amides is 4. The summed E-state index contributed by atoms with van der Waals surface area (Å²) in [6.07, 6.45) is -5.58. The molecule has 0 radical (unpaired) electrons. The first-order valence-electron chi connectivity index (χ1n) is 10.3. The zero-order valence-corrected chi connectivity index (χ0v) is 19.1. The molecule has 2 aromatic rings. The van der Waals surface area contributed by atoms with Crippen molar-refractivity contribution in [3.8, 4) is 5.75 Å². The Morgan fingerprint density at radius 3 is 2.38 bits per heavy atom. The molecule has 2 aromatic carbocycles. The normalized spacial score (nSPS) is 18.0. The molecular formula is C20H15BF3N3O9S. The Hall–Kier alpha value is -3.96. The molecule has 37 heavy (non-hydrogen) atoms. The number of para-hydroxylation sites is 1. The Balaban J connectivity index is 1.74. The Kier molecular flexibility index (Phi) is 6.47. The maximum Gasteiger partial charge on any atom is 0.573 e. The smallest absolute Gasteiger partial charge is 0.423 e. The van der Waals surface area contributed by atoms with E-state index in [1.165, 1.54) is 0 Å². The number of hydrogen-bond acceptors (Lipinski definition) is 9. The van der Waals surface area contributed by atoms with Gasteiger partial charge >= 0.3 is 13.5 Å². The monoisotopic (exact) mass is 541 g/mol. The molecule has 4 N–H and O–H groups in total. The van der Waals surface area contributed by atoms with Crippen LogP contribution in [0.1, 0.15) is 33.6 Å². The molecule has 4 rings (SSSR count). The van der Waals surface area contributed by atoms with Gasteiger partial charge in [-0.2, -0.15) is 0 Å². The predicted octanol–water partition coefficient (Wildman–Crippen LogP) is -0.533. The van der Waals surface area contributed by atoms with Crippen LogP contribution in [0.25, 0.3) is 0 Å². The molecule has 0 aliphatic carbocycles. The summed E-state index contributed by atoms with van der Waals surface area (Å²) in [7, 11) is -7.20. The second kappa shape index (κ2) is 9.17. The first-order chi connectivity index (χ1) is 17.2. The van der Waals surface area contributed by atoms with Gasteiger partial charge in [-0.1, -0.05) is 12.1 Å². The average molecular weight is 541 g/mol. The van der Waals surface area contributed by atoms with Crippen molar-refractivity contribution < 1.29 is 55.6 Å². The minimum absolute atomic E-state index is 0.177. The highest BCUT2D eigenvalue weighted by Gasteiger charge is 2.47. The molecule has 12 nitrogen and oxygen atoms in total. The van der Waals surface area contributed by atoms with Crippen LogP contribution in [-0.4, -0.2) is 66.5 Å². The first-order valence-corrected chi connectivity index (χ1v) is 11.8. The molecule has 1 saturated heterocycles. The number of anilines is 1. The van der Waals surface area contributed by atoms with Crippen molar-refractivity contribution in [3.05, 3.63) is 47.5 Å². The zero-order chi connectivity index (χ0) is 27.3. The summed E-state index contributed by atoms with van der Waals surface area (Å²) >= 11 is 0. The van der Waals surface area contributed by atoms with Gasteiger partial charge in [-0.25, -0.2) is 8.42 Å². The van der Waals surface area contributed by atoms with E-state index < -0.39 is 86.1 Å². The molecule has 2 aliphatic heterocycles. The van der Waals surface area contributed by atoms with Gasteiger partial charge in [-0.3, -0.25) is 34.1 Å². The second-order valence-corrected chi connectivity index (χ2v) is 9.56. The van der Waals surface area contributed by atoms with E-state index in [2.05, 4.69) is 4.74 Å². The fourth-order valence-corrected chi connectivity index (χ4v) is 5.15. The summed E-state index contributed by atoms with van der Waals surface area (Å²) in [4.78, 5) is 49.3. The fraction of sp³-hybridized carbons (Fsp3) is 0.200. The number of fused-ring (bicyclic) bond motifs is 1. The predicted molar refractivity (Wildman–Crippen MR) is 117 cm³/mol. The van der Waals surface area contributed by atoms with Crippen LogP contribution < -0.4 is 20.2 Å². The van der Waals surface area contributed by atoms with Crippen molar-refractivity contribution in [2.75, 3.05) is 4.72 Å². The third-order valence-corrected chi connectivity index (χ3v) is 6.89. The average Bonchev–Trinajstić information content (AvgIpc) is 3.02. The van der Waals surface area contributed by atoms with Crippen LogP contribution in [0.3, 0.4) is 0 Å². The lowest BCUT2D eigenvalue weighted by Gasteiger charge is -2.27. The first kappa shape index (κ1) is 26.1. The largest absolute Gasteiger partial charge is 0.573 e. The van der Waals surface area contributed by atoms with E-state index in [1.807, 2.05) is 10.0 Å². The molecule has 17 heteroatoms. The van der Waals surface area contributed by atoms with Crippen molar-refractivity contribution in [1.29, 1.82) is 0 Å². The lowest BCUT2D eigenvalue weighted by Crippen LogP contribution is -2.54. The van der Waals surface area contributed by atoms with Crippen LogP contribution in [0.2, 0.25) is 0 Å². The van der Waals surface area contributed by atoms with Gasteiger partial charge in [0.25, 0.3) is 21.8 Å². The summed E-state index contributed by atoms with van der Waals surface area (Å²) in [5.74, 6) is -4.77. The number of nitrogens with zero attached hydrogens (tertiary/aromatic N) is 1. The minimum atomic E-state index is -5.21. The highest BCUT2D eigenvalue weighted by Crippen LogP contribution is 2.32. The number of nitrogens with one attached hydrogen (secondary N) is 2. The van der Waals surface area contributed by atoms with Gasteiger partial charge in [-0.05, 0) is 36.1 Å². The summed E-state index contributed by atoms with van der Waals surface area (Å²) in [6.45, 7) is 0. The van der Waals surface area contributed by atoms with Crippen molar-refractivity contribution in [1.82, 2.24) is 10.2 Å². The number of hydrogen-bond donors (Lipinski definition) is 4. The minimum Gasteiger partial charge on any atom is -0.423 e. The highest BCUT2D eigenvalue weighted by atomic mass is 32.2. The maximum absolute atomic E-state index is 13.1. The van der Waals surface area contributed by atoms with Crippen LogP contribution in [0.4, 0.5) is 18.9 Å². The fourth-order valence-electron chi connectivity index (χ4n) is 3.98. The standard InChI is InChI=1S/C20H15BF3N3O9S/c22-20(23,24)36-13-3-1-2-4-14(13)37(34,35)26-9-7-10-16(11(8-9)21(32)33)19(31)27(18(10)30)12-5-6-15(28)25-17(12)29/h1-4,7-8,12,26,32-33H,5-6H2,(H,25,28,29). The number of carbonyl (C=O) groups is 4. The third-order valence-electron chi connectivity index (χ3n) is 5.47. The van der Waals surface area contributed by atoms with E-state index in [1.54, 1.807) is 0 Å². The van der Waals surface area contributed by atoms with E-state index in [0.717, 1.165) is 36.4 Å². The number of halogens is 3. The number of sulfonamides is 1. The van der Waals surface area contributed by atoms with Gasteiger partial charge in [-0.15, -0.1) is 13.2 Å². The quantitative estimate of drug-likeness (QED) is 0.276. The van der Waals surface area contributed by atoms with Gasteiger partial charge in [0.05, 0.1) is 11.1 Å². The third kappa shape index (κ3) is 5.00. The van der Waals surface area contributed by atoms with E-state index in [-0.39, 0.29) is 12.8 Å². The number of rotatable bonds is 6. The molecule has 1 atom stereocenters. The molecule has 0 spiro atoms. The Labute approximate surface area is 206 Å². The van der Waals surface area contributed by atoms with E-state index in [4.69, 9.17) is 0 Å². The number of piperidine rings is 1. The molecule has 4 amide bonds. The summed E-state index contributed by atoms with van der Waals surface area (Å²) < 4.78 is 69.7. The van der Waals surface area contributed by atoms with Crippen molar-refractivity contribution in [2.45, 2.75) is 30.1 Å². The van der Waals surface area contributed by atoms with Gasteiger partial charge in [0.2, 0.25) is 11.8 Å². The van der Waals surface area contributed by atoms with Gasteiger partial charge in [0, 0.05) is 12.1 Å². The maximum atomic E-state index is 13.1. The molecule has 0 aromatic heterocycles. The molecule has 0 bridgehead atoms. The van der Waals surface area contributed by atoms with E-state index in [0.29, 0.717) is 4.90 Å². The summed E-state index contributed by atoms with van der Waals surface area (Å²) in [5.41, 5.74) is -2.13. The van der Waals surface area contributed by atoms with Crippen LogP contribution in [-0.2, 0) is 19.6 Å². The van der Waals surface area contributed by atoms with Crippen molar-refractivity contribution in [3.63, 3.8) is 0 Å². The van der Waals surface area contributed by atoms with Gasteiger partial charge in [0.1, 0.15) is 16.7 Å². The molecule has 2 aliphatic rings. The molecule has 194 valence electrons. The van der Waals surface area contributed by atoms with Crippen molar-refractivity contribution >= 4 is 51.9 Å². The molecule has 1 fully saturated rings. The number of imide groups is 2. The van der Waals surface area contributed by atoms with Gasteiger partial charge < -0.3 is 14.8 Å². The van der Waals surface area contributed by atoms with E-state index in [9.17, 15) is 50.8 Å².